The standard InChI is InChI=1S/C11H13ClINO/c12-8-2-1-3-11(15)14-10-6-4-9(13)5-7-10/h4-7H,1-3,8H2,(H,14,15). The van der Waals surface area contributed by atoms with Gasteiger partial charge < -0.3 is 5.32 Å². The first-order valence-corrected chi connectivity index (χ1v) is 6.45. The molecule has 0 heterocycles. The summed E-state index contributed by atoms with van der Waals surface area (Å²) in [6.07, 6.45) is 2.28. The van der Waals surface area contributed by atoms with Crippen molar-refractivity contribution in [2.24, 2.45) is 0 Å². The lowest BCUT2D eigenvalue weighted by atomic mass is 10.2. The Morgan fingerprint density at radius 3 is 2.53 bits per heavy atom. The van der Waals surface area contributed by atoms with Crippen LogP contribution in [0.3, 0.4) is 0 Å². The molecule has 1 N–H and O–H groups in total. The van der Waals surface area contributed by atoms with Crippen LogP contribution in [0.25, 0.3) is 0 Å². The van der Waals surface area contributed by atoms with Crippen LogP contribution >= 0.6 is 34.2 Å². The Morgan fingerprint density at radius 2 is 1.93 bits per heavy atom. The Kier molecular flexibility index (Phi) is 6.02. The summed E-state index contributed by atoms with van der Waals surface area (Å²) in [7, 11) is 0. The monoisotopic (exact) mass is 337 g/mol. The number of rotatable bonds is 5. The van der Waals surface area contributed by atoms with Gasteiger partial charge in [-0.2, -0.15) is 0 Å². The van der Waals surface area contributed by atoms with E-state index in [4.69, 9.17) is 11.6 Å². The first-order valence-electron chi connectivity index (χ1n) is 4.84. The van der Waals surface area contributed by atoms with Gasteiger partial charge in [0.15, 0.2) is 0 Å². The largest absolute Gasteiger partial charge is 0.326 e. The molecule has 0 unspecified atom stereocenters. The fourth-order valence-corrected chi connectivity index (χ4v) is 1.69. The Labute approximate surface area is 109 Å². The Morgan fingerprint density at radius 1 is 1.27 bits per heavy atom. The minimum absolute atomic E-state index is 0.0568. The van der Waals surface area contributed by atoms with Crippen LogP contribution in [0.4, 0.5) is 5.69 Å². The second-order valence-corrected chi connectivity index (χ2v) is 4.82. The van der Waals surface area contributed by atoms with E-state index in [1.54, 1.807) is 0 Å². The van der Waals surface area contributed by atoms with Gasteiger partial charge in [0, 0.05) is 21.6 Å². The molecule has 0 bridgehead atoms. The van der Waals surface area contributed by atoms with Crippen LogP contribution in [0.1, 0.15) is 19.3 Å². The average Bonchev–Trinajstić information content (AvgIpc) is 2.22. The van der Waals surface area contributed by atoms with E-state index in [0.29, 0.717) is 12.3 Å². The molecule has 0 aliphatic heterocycles. The van der Waals surface area contributed by atoms with E-state index in [2.05, 4.69) is 27.9 Å². The van der Waals surface area contributed by atoms with Crippen LogP contribution in [0.5, 0.6) is 0 Å². The van der Waals surface area contributed by atoms with E-state index >= 15 is 0 Å². The Balaban J connectivity index is 2.34. The fourth-order valence-electron chi connectivity index (χ4n) is 1.14. The van der Waals surface area contributed by atoms with Gasteiger partial charge in [-0.1, -0.05) is 0 Å². The minimum atomic E-state index is 0.0568. The topological polar surface area (TPSA) is 29.1 Å². The van der Waals surface area contributed by atoms with Crippen molar-refractivity contribution in [2.45, 2.75) is 19.3 Å². The lowest BCUT2D eigenvalue weighted by Gasteiger charge is -2.04. The number of alkyl halides is 1. The zero-order valence-electron chi connectivity index (χ0n) is 8.30. The summed E-state index contributed by atoms with van der Waals surface area (Å²) in [6.45, 7) is 0. The summed E-state index contributed by atoms with van der Waals surface area (Å²) in [5.74, 6) is 0.679. The molecule has 0 saturated carbocycles. The molecule has 0 aromatic heterocycles. The highest BCUT2D eigenvalue weighted by Gasteiger charge is 2.01. The van der Waals surface area contributed by atoms with Crippen molar-refractivity contribution >= 4 is 45.8 Å². The molecule has 0 saturated heterocycles. The molecule has 0 aliphatic rings. The van der Waals surface area contributed by atoms with Crippen molar-refractivity contribution < 1.29 is 4.79 Å². The molecule has 1 amide bonds. The van der Waals surface area contributed by atoms with Crippen molar-refractivity contribution in [2.75, 3.05) is 11.2 Å². The van der Waals surface area contributed by atoms with Gasteiger partial charge in [0.05, 0.1) is 0 Å². The van der Waals surface area contributed by atoms with Gasteiger partial charge in [0.2, 0.25) is 5.91 Å². The van der Waals surface area contributed by atoms with Gasteiger partial charge >= 0.3 is 0 Å². The summed E-state index contributed by atoms with van der Waals surface area (Å²) in [4.78, 5) is 11.4. The van der Waals surface area contributed by atoms with Crippen LogP contribution < -0.4 is 5.32 Å². The molecule has 15 heavy (non-hydrogen) atoms. The van der Waals surface area contributed by atoms with Gasteiger partial charge in [-0.25, -0.2) is 0 Å². The number of carbonyl (C=O) groups is 1. The third-order valence-corrected chi connectivity index (χ3v) is 2.90. The third kappa shape index (κ3) is 5.37. The molecule has 0 radical (unpaired) electrons. The van der Waals surface area contributed by atoms with Crippen molar-refractivity contribution in [3.63, 3.8) is 0 Å². The zero-order chi connectivity index (χ0) is 11.1. The molecular formula is C11H13ClINO. The predicted molar refractivity (Wildman–Crippen MR) is 72.4 cm³/mol. The van der Waals surface area contributed by atoms with E-state index in [1.807, 2.05) is 24.3 Å². The molecule has 0 aliphatic carbocycles. The van der Waals surface area contributed by atoms with E-state index in [-0.39, 0.29) is 5.91 Å². The number of amides is 1. The number of carbonyl (C=O) groups excluding carboxylic acids is 1. The first-order chi connectivity index (χ1) is 7.22. The SMILES string of the molecule is O=C(CCCCCl)Nc1ccc(I)cc1. The van der Waals surface area contributed by atoms with E-state index in [9.17, 15) is 4.79 Å². The van der Waals surface area contributed by atoms with E-state index < -0.39 is 0 Å². The van der Waals surface area contributed by atoms with Crippen molar-refractivity contribution in [3.8, 4) is 0 Å². The van der Waals surface area contributed by atoms with Gasteiger partial charge in [0.25, 0.3) is 0 Å². The molecule has 0 fully saturated rings. The molecule has 0 spiro atoms. The van der Waals surface area contributed by atoms with Crippen molar-refractivity contribution in [3.05, 3.63) is 27.8 Å². The summed E-state index contributed by atoms with van der Waals surface area (Å²) in [5, 5.41) is 2.84. The lowest BCUT2D eigenvalue weighted by molar-refractivity contribution is -0.116. The summed E-state index contributed by atoms with van der Waals surface area (Å²) >= 11 is 7.76. The quantitative estimate of drug-likeness (QED) is 0.496. The third-order valence-electron chi connectivity index (χ3n) is 1.92. The number of nitrogens with one attached hydrogen (secondary N) is 1. The number of anilines is 1. The molecular weight excluding hydrogens is 324 g/mol. The number of unbranched alkanes of at least 4 members (excludes halogenated alkanes) is 1. The van der Waals surface area contributed by atoms with E-state index in [0.717, 1.165) is 22.1 Å². The average molecular weight is 338 g/mol. The summed E-state index contributed by atoms with van der Waals surface area (Å²) in [5.41, 5.74) is 0.853. The maximum Gasteiger partial charge on any atom is 0.224 e. The van der Waals surface area contributed by atoms with Gasteiger partial charge in [0.1, 0.15) is 0 Å². The van der Waals surface area contributed by atoms with Crippen molar-refractivity contribution in [1.82, 2.24) is 0 Å². The van der Waals surface area contributed by atoms with Crippen LogP contribution in [0.2, 0.25) is 0 Å². The smallest absolute Gasteiger partial charge is 0.224 e. The second-order valence-electron chi connectivity index (χ2n) is 3.20. The zero-order valence-corrected chi connectivity index (χ0v) is 11.2. The molecule has 4 heteroatoms. The summed E-state index contributed by atoms with van der Waals surface area (Å²) < 4.78 is 1.16. The molecule has 1 aromatic carbocycles. The number of halogens is 2. The normalized spacial score (nSPS) is 10.0. The summed E-state index contributed by atoms with van der Waals surface area (Å²) in [6, 6.07) is 7.74. The highest BCUT2D eigenvalue weighted by Crippen LogP contribution is 2.11. The fraction of sp³-hybridized carbons (Fsp3) is 0.364. The van der Waals surface area contributed by atoms with Crippen LogP contribution in [0, 0.1) is 3.57 Å². The number of hydrogen-bond donors (Lipinski definition) is 1. The molecule has 1 rings (SSSR count). The van der Waals surface area contributed by atoms with Gasteiger partial charge in [-0.05, 0) is 59.7 Å². The minimum Gasteiger partial charge on any atom is -0.326 e. The molecule has 0 atom stereocenters. The van der Waals surface area contributed by atoms with Crippen molar-refractivity contribution in [1.29, 1.82) is 0 Å². The Hall–Kier alpha value is -0.290. The highest BCUT2D eigenvalue weighted by atomic mass is 127. The Bertz CT molecular complexity index is 313. The molecule has 82 valence electrons. The second kappa shape index (κ2) is 7.06. The van der Waals surface area contributed by atoms with Crippen LogP contribution in [-0.2, 0) is 4.79 Å². The van der Waals surface area contributed by atoms with Crippen LogP contribution in [-0.4, -0.2) is 11.8 Å². The first kappa shape index (κ1) is 12.8. The number of hydrogen-bond acceptors (Lipinski definition) is 1. The van der Waals surface area contributed by atoms with E-state index in [1.165, 1.54) is 0 Å². The van der Waals surface area contributed by atoms with Gasteiger partial charge in [-0.3, -0.25) is 4.79 Å². The maximum absolute atomic E-state index is 11.4. The van der Waals surface area contributed by atoms with Crippen LogP contribution in [0.15, 0.2) is 24.3 Å². The lowest BCUT2D eigenvalue weighted by Crippen LogP contribution is -2.10. The predicted octanol–water partition coefficient (Wildman–Crippen LogP) is 3.64. The maximum atomic E-state index is 11.4. The number of benzene rings is 1. The molecule has 1 aromatic rings. The molecule has 2 nitrogen and oxygen atoms in total. The van der Waals surface area contributed by atoms with Gasteiger partial charge in [-0.15, -0.1) is 11.6 Å². The highest BCUT2D eigenvalue weighted by molar-refractivity contribution is 14.1.